The van der Waals surface area contributed by atoms with Gasteiger partial charge in [-0.15, -0.1) is 0 Å². The van der Waals surface area contributed by atoms with Gasteiger partial charge in [-0.3, -0.25) is 4.98 Å². The summed E-state index contributed by atoms with van der Waals surface area (Å²) in [6.07, 6.45) is 9.10. The molecule has 0 unspecified atom stereocenters. The van der Waals surface area contributed by atoms with Crippen LogP contribution in [0, 0.1) is 0 Å². The van der Waals surface area contributed by atoms with Gasteiger partial charge in [-0.25, -0.2) is 9.98 Å². The largest absolute Gasteiger partial charge is 0.397 e. The van der Waals surface area contributed by atoms with Crippen LogP contribution in [0.25, 0.3) is 16.7 Å². The Morgan fingerprint density at radius 1 is 1.30 bits per heavy atom. The normalized spacial score (nSPS) is 17.4. The number of aliphatic imine (C=N–C) groups is 1. The highest BCUT2D eigenvalue weighted by Gasteiger charge is 2.28. The third kappa shape index (κ3) is 4.24. The Morgan fingerprint density at radius 2 is 2.12 bits per heavy atom. The van der Waals surface area contributed by atoms with E-state index >= 15 is 0 Å². The minimum atomic E-state index is 0.492. The van der Waals surface area contributed by atoms with Crippen LogP contribution in [-0.4, -0.2) is 59.0 Å². The van der Waals surface area contributed by atoms with E-state index < -0.39 is 0 Å². The second-order valence-corrected chi connectivity index (χ2v) is 8.79. The molecule has 1 saturated heterocycles. The van der Waals surface area contributed by atoms with Gasteiger partial charge in [0.15, 0.2) is 0 Å². The van der Waals surface area contributed by atoms with Crippen LogP contribution in [0.15, 0.2) is 42.3 Å². The van der Waals surface area contributed by atoms with Crippen molar-refractivity contribution in [2.75, 3.05) is 39.0 Å². The van der Waals surface area contributed by atoms with Crippen molar-refractivity contribution in [1.82, 2.24) is 25.2 Å². The maximum absolute atomic E-state index is 6.54. The van der Waals surface area contributed by atoms with Crippen molar-refractivity contribution in [3.63, 3.8) is 0 Å². The molecule has 2 fully saturated rings. The van der Waals surface area contributed by atoms with Gasteiger partial charge in [-0.05, 0) is 36.5 Å². The number of amidine groups is 1. The summed E-state index contributed by atoms with van der Waals surface area (Å²) in [6.45, 7) is 8.42. The third-order valence-electron chi connectivity index (χ3n) is 6.63. The van der Waals surface area contributed by atoms with E-state index in [1.54, 1.807) is 19.5 Å². The molecule has 1 saturated carbocycles. The molecule has 0 spiro atoms. The average molecular weight is 446 g/mol. The molecule has 4 N–H and O–H groups in total. The van der Waals surface area contributed by atoms with E-state index in [1.807, 2.05) is 12.3 Å². The summed E-state index contributed by atoms with van der Waals surface area (Å²) in [5, 5.41) is 4.42. The smallest absolute Gasteiger partial charge is 0.139 e. The lowest BCUT2D eigenvalue weighted by Crippen LogP contribution is -2.47. The molecule has 172 valence electrons. The molecule has 0 bridgehead atoms. The molecular formula is C25H31N7O. The molecule has 1 aliphatic carbocycles. The number of nitrogen functional groups attached to an aromatic ring is 1. The predicted molar refractivity (Wildman–Crippen MR) is 132 cm³/mol. The Morgan fingerprint density at radius 3 is 2.85 bits per heavy atom. The number of nitrogens with zero attached hydrogens (tertiary/aromatic N) is 4. The number of pyridine rings is 2. The maximum Gasteiger partial charge on any atom is 0.139 e. The SMILES string of the molecule is C=C(N=C(c1c(N)cncc1C1CCC1)N1CCNCC1)c1ccnc2[nH]c(COC)cc12. The number of anilines is 1. The van der Waals surface area contributed by atoms with Crippen molar-refractivity contribution in [1.29, 1.82) is 0 Å². The molecule has 0 radical (unpaired) electrons. The van der Waals surface area contributed by atoms with Gasteiger partial charge in [-0.1, -0.05) is 13.0 Å². The number of ether oxygens (including phenoxy) is 1. The van der Waals surface area contributed by atoms with Gasteiger partial charge in [0.25, 0.3) is 0 Å². The molecule has 2 aliphatic rings. The number of methoxy groups -OCH3 is 1. The standard InChI is InChI=1S/C25H31N7O/c1-16(19-6-7-29-24-20(19)12-18(31-24)15-33-2)30-25(32-10-8-27-9-11-32)23-21(17-4-3-5-17)13-28-14-22(23)26/h6-7,12-14,17,27H,1,3-5,8-11,15,26H2,2H3,(H,29,31). The van der Waals surface area contributed by atoms with Crippen molar-refractivity contribution in [2.24, 2.45) is 4.99 Å². The van der Waals surface area contributed by atoms with Gasteiger partial charge in [0.2, 0.25) is 0 Å². The van der Waals surface area contributed by atoms with Crippen LogP contribution in [0.3, 0.4) is 0 Å². The average Bonchev–Trinajstić information content (AvgIpc) is 3.20. The van der Waals surface area contributed by atoms with E-state index in [4.69, 9.17) is 15.5 Å². The maximum atomic E-state index is 6.54. The number of rotatable bonds is 6. The summed E-state index contributed by atoms with van der Waals surface area (Å²) in [4.78, 5) is 19.7. The van der Waals surface area contributed by atoms with Crippen molar-refractivity contribution < 1.29 is 4.74 Å². The molecule has 1 aliphatic heterocycles. The fraction of sp³-hybridized carbons (Fsp3) is 0.400. The summed E-state index contributed by atoms with van der Waals surface area (Å²) in [5.41, 5.74) is 12.8. The summed E-state index contributed by atoms with van der Waals surface area (Å²) in [5.74, 6) is 1.38. The Balaban J connectivity index is 1.61. The van der Waals surface area contributed by atoms with E-state index in [9.17, 15) is 0 Å². The summed E-state index contributed by atoms with van der Waals surface area (Å²) in [7, 11) is 1.68. The molecule has 3 aromatic rings. The fourth-order valence-corrected chi connectivity index (χ4v) is 4.70. The van der Waals surface area contributed by atoms with Crippen LogP contribution < -0.4 is 11.1 Å². The number of hydrogen-bond donors (Lipinski definition) is 3. The van der Waals surface area contributed by atoms with Crippen molar-refractivity contribution >= 4 is 28.3 Å². The molecular weight excluding hydrogens is 414 g/mol. The lowest BCUT2D eigenvalue weighted by atomic mass is 9.78. The van der Waals surface area contributed by atoms with E-state index in [-0.39, 0.29) is 0 Å². The second kappa shape index (κ2) is 9.33. The molecule has 4 heterocycles. The van der Waals surface area contributed by atoms with Gasteiger partial charge in [-0.2, -0.15) is 0 Å². The van der Waals surface area contributed by atoms with Crippen LogP contribution >= 0.6 is 0 Å². The van der Waals surface area contributed by atoms with E-state index in [2.05, 4.69) is 37.8 Å². The van der Waals surface area contributed by atoms with Crippen LogP contribution in [-0.2, 0) is 11.3 Å². The van der Waals surface area contributed by atoms with Gasteiger partial charge in [0.1, 0.15) is 11.5 Å². The Bertz CT molecular complexity index is 1190. The minimum Gasteiger partial charge on any atom is -0.397 e. The Kier molecular flexibility index (Phi) is 6.11. The molecule has 33 heavy (non-hydrogen) atoms. The molecule has 3 aromatic heterocycles. The number of aromatic nitrogens is 3. The number of hydrogen-bond acceptors (Lipinski definition) is 6. The quantitative estimate of drug-likeness (QED) is 0.397. The lowest BCUT2D eigenvalue weighted by Gasteiger charge is -2.34. The van der Waals surface area contributed by atoms with Crippen LogP contribution in [0.2, 0.25) is 0 Å². The molecule has 0 atom stereocenters. The molecule has 5 rings (SSSR count). The van der Waals surface area contributed by atoms with Crippen LogP contribution in [0.5, 0.6) is 0 Å². The predicted octanol–water partition coefficient (Wildman–Crippen LogP) is 3.28. The zero-order valence-corrected chi connectivity index (χ0v) is 19.1. The molecule has 0 amide bonds. The van der Waals surface area contributed by atoms with Gasteiger partial charge < -0.3 is 25.7 Å². The topological polar surface area (TPSA) is 104 Å². The first-order valence-electron chi connectivity index (χ1n) is 11.6. The monoisotopic (exact) mass is 445 g/mol. The first-order chi connectivity index (χ1) is 16.2. The summed E-state index contributed by atoms with van der Waals surface area (Å²) in [6, 6.07) is 4.03. The minimum absolute atomic E-state index is 0.492. The first kappa shape index (κ1) is 21.6. The molecule has 0 aromatic carbocycles. The van der Waals surface area contributed by atoms with Gasteiger partial charge in [0, 0.05) is 67.9 Å². The van der Waals surface area contributed by atoms with Crippen molar-refractivity contribution in [3.8, 4) is 0 Å². The first-order valence-corrected chi connectivity index (χ1v) is 11.6. The second-order valence-electron chi connectivity index (χ2n) is 8.79. The zero-order chi connectivity index (χ0) is 22.8. The highest BCUT2D eigenvalue weighted by Crippen LogP contribution is 2.40. The number of H-pyrrole nitrogens is 1. The van der Waals surface area contributed by atoms with E-state index in [1.165, 1.54) is 24.8 Å². The number of nitrogens with one attached hydrogen (secondary N) is 2. The van der Waals surface area contributed by atoms with Crippen molar-refractivity contribution in [3.05, 3.63) is 59.7 Å². The summed E-state index contributed by atoms with van der Waals surface area (Å²) < 4.78 is 5.28. The molecule has 8 nitrogen and oxygen atoms in total. The molecule has 8 heteroatoms. The lowest BCUT2D eigenvalue weighted by molar-refractivity contribution is 0.182. The zero-order valence-electron chi connectivity index (χ0n) is 19.1. The summed E-state index contributed by atoms with van der Waals surface area (Å²) >= 11 is 0. The van der Waals surface area contributed by atoms with E-state index in [0.717, 1.165) is 59.9 Å². The third-order valence-corrected chi connectivity index (χ3v) is 6.63. The van der Waals surface area contributed by atoms with Gasteiger partial charge >= 0.3 is 0 Å². The number of aromatic amines is 1. The van der Waals surface area contributed by atoms with Gasteiger partial charge in [0.05, 0.1) is 24.2 Å². The highest BCUT2D eigenvalue weighted by atomic mass is 16.5. The number of fused-ring (bicyclic) bond motifs is 1. The Hall–Kier alpha value is -3.23. The highest BCUT2D eigenvalue weighted by molar-refractivity contribution is 6.07. The fourth-order valence-electron chi connectivity index (χ4n) is 4.70. The van der Waals surface area contributed by atoms with E-state index in [0.29, 0.717) is 23.9 Å². The van der Waals surface area contributed by atoms with Crippen LogP contribution in [0.4, 0.5) is 5.69 Å². The number of nitrogens with two attached hydrogens (primary N) is 1. The number of piperazine rings is 1. The van der Waals surface area contributed by atoms with Crippen LogP contribution in [0.1, 0.15) is 47.6 Å². The Labute approximate surface area is 194 Å². The van der Waals surface area contributed by atoms with Crippen molar-refractivity contribution in [2.45, 2.75) is 31.8 Å².